The molecule has 1 amide bonds. The van der Waals surface area contributed by atoms with Crippen LogP contribution < -0.4 is 5.32 Å². The Morgan fingerprint density at radius 1 is 1.15 bits per heavy atom. The van der Waals surface area contributed by atoms with Gasteiger partial charge in [-0.15, -0.1) is 5.10 Å². The fourth-order valence-electron chi connectivity index (χ4n) is 2.81. The summed E-state index contributed by atoms with van der Waals surface area (Å²) >= 11 is 7.23. The lowest BCUT2D eigenvalue weighted by molar-refractivity contribution is -0.115. The van der Waals surface area contributed by atoms with Crippen molar-refractivity contribution < 1.29 is 4.79 Å². The third-order valence-corrected chi connectivity index (χ3v) is 5.37. The molecule has 27 heavy (non-hydrogen) atoms. The van der Waals surface area contributed by atoms with Crippen molar-refractivity contribution in [3.05, 3.63) is 58.1 Å². The Hall–Kier alpha value is -2.38. The Bertz CT molecular complexity index is 947. The number of nitrogens with one attached hydrogen (secondary N) is 1. The number of nitrogens with zero attached hydrogens (tertiary/aromatic N) is 4. The fraction of sp³-hybridized carbons (Fsp3) is 0.263. The van der Waals surface area contributed by atoms with Crippen LogP contribution in [-0.2, 0) is 4.79 Å². The lowest BCUT2D eigenvalue weighted by Crippen LogP contribution is -2.24. The third-order valence-electron chi connectivity index (χ3n) is 4.09. The minimum atomic E-state index is -0.373. The average Bonchev–Trinajstić information content (AvgIpc) is 3.06. The van der Waals surface area contributed by atoms with Crippen molar-refractivity contribution in [3.63, 3.8) is 0 Å². The molecule has 0 aliphatic heterocycles. The quantitative estimate of drug-likeness (QED) is 0.643. The second-order valence-corrected chi connectivity index (χ2v) is 8.12. The first-order valence-electron chi connectivity index (χ1n) is 8.45. The van der Waals surface area contributed by atoms with Gasteiger partial charge in [0, 0.05) is 10.7 Å². The summed E-state index contributed by atoms with van der Waals surface area (Å²) in [6, 6.07) is 11.3. The molecule has 140 valence electrons. The minimum Gasteiger partial charge on any atom is -0.325 e. The third kappa shape index (κ3) is 4.48. The molecule has 1 heterocycles. The van der Waals surface area contributed by atoms with Gasteiger partial charge in [-0.25, -0.2) is 0 Å². The summed E-state index contributed by atoms with van der Waals surface area (Å²) in [6.07, 6.45) is 0. The molecule has 3 rings (SSSR count). The maximum absolute atomic E-state index is 12.7. The highest BCUT2D eigenvalue weighted by Gasteiger charge is 2.20. The Labute approximate surface area is 167 Å². The number of hydrogen-bond acceptors (Lipinski definition) is 5. The molecule has 0 aliphatic carbocycles. The minimum absolute atomic E-state index is 0.0966. The number of hydrogen-bond donors (Lipinski definition) is 1. The number of tetrazole rings is 1. The molecule has 3 aromatic rings. The summed E-state index contributed by atoms with van der Waals surface area (Å²) in [5.74, 6) is -0.0966. The zero-order valence-corrected chi connectivity index (χ0v) is 17.1. The van der Waals surface area contributed by atoms with Crippen LogP contribution in [0.3, 0.4) is 0 Å². The first-order chi connectivity index (χ1) is 12.8. The molecule has 8 heteroatoms. The van der Waals surface area contributed by atoms with Crippen molar-refractivity contribution >= 4 is 35.0 Å². The Morgan fingerprint density at radius 2 is 1.78 bits per heavy atom. The van der Waals surface area contributed by atoms with Crippen LogP contribution in [0.1, 0.15) is 23.6 Å². The summed E-state index contributed by atoms with van der Waals surface area (Å²) in [5, 5.41) is 15.6. The summed E-state index contributed by atoms with van der Waals surface area (Å²) in [6.45, 7) is 7.86. The van der Waals surface area contributed by atoms with E-state index in [1.54, 1.807) is 16.8 Å². The maximum atomic E-state index is 12.7. The summed E-state index contributed by atoms with van der Waals surface area (Å²) in [7, 11) is 0. The molecule has 2 aromatic carbocycles. The molecule has 0 spiro atoms. The highest BCUT2D eigenvalue weighted by Crippen LogP contribution is 2.26. The number of halogens is 1. The van der Waals surface area contributed by atoms with Gasteiger partial charge in [-0.05, 0) is 73.5 Å². The fourth-order valence-corrected chi connectivity index (χ4v) is 3.74. The number of carbonyl (C=O) groups is 1. The van der Waals surface area contributed by atoms with Crippen LogP contribution in [0.25, 0.3) is 5.69 Å². The molecule has 1 N–H and O–H groups in total. The van der Waals surface area contributed by atoms with E-state index < -0.39 is 0 Å². The normalized spacial score (nSPS) is 12.0. The van der Waals surface area contributed by atoms with Crippen LogP contribution in [0.2, 0.25) is 5.02 Å². The molecule has 0 saturated carbocycles. The molecule has 1 atom stereocenters. The van der Waals surface area contributed by atoms with Crippen molar-refractivity contribution in [2.24, 2.45) is 0 Å². The van der Waals surface area contributed by atoms with E-state index in [9.17, 15) is 4.79 Å². The van der Waals surface area contributed by atoms with Crippen LogP contribution in [0.4, 0.5) is 5.69 Å². The van der Waals surface area contributed by atoms with E-state index >= 15 is 0 Å². The van der Waals surface area contributed by atoms with Crippen LogP contribution in [0, 0.1) is 20.8 Å². The van der Waals surface area contributed by atoms with Crippen LogP contribution in [-0.4, -0.2) is 31.4 Å². The summed E-state index contributed by atoms with van der Waals surface area (Å²) < 4.78 is 1.59. The van der Waals surface area contributed by atoms with Gasteiger partial charge in [-0.2, -0.15) is 4.68 Å². The second kappa shape index (κ2) is 8.10. The van der Waals surface area contributed by atoms with Gasteiger partial charge in [0.2, 0.25) is 11.1 Å². The van der Waals surface area contributed by atoms with Crippen molar-refractivity contribution in [3.8, 4) is 5.69 Å². The van der Waals surface area contributed by atoms with E-state index in [2.05, 4.69) is 33.0 Å². The van der Waals surface area contributed by atoms with Gasteiger partial charge >= 0.3 is 0 Å². The number of carbonyl (C=O) groups excluding carboxylic acids is 1. The van der Waals surface area contributed by atoms with Gasteiger partial charge in [0.25, 0.3) is 0 Å². The van der Waals surface area contributed by atoms with Crippen molar-refractivity contribution in [2.45, 2.75) is 38.1 Å². The first kappa shape index (κ1) is 19.4. The Morgan fingerprint density at radius 3 is 2.41 bits per heavy atom. The van der Waals surface area contributed by atoms with E-state index in [-0.39, 0.29) is 11.2 Å². The molecule has 0 bridgehead atoms. The van der Waals surface area contributed by atoms with Crippen molar-refractivity contribution in [1.29, 1.82) is 0 Å². The molecule has 0 unspecified atom stereocenters. The van der Waals surface area contributed by atoms with Crippen LogP contribution in [0.5, 0.6) is 0 Å². The Kier molecular flexibility index (Phi) is 5.82. The summed E-state index contributed by atoms with van der Waals surface area (Å²) in [4.78, 5) is 12.7. The van der Waals surface area contributed by atoms with Crippen LogP contribution >= 0.6 is 23.4 Å². The highest BCUT2D eigenvalue weighted by molar-refractivity contribution is 8.00. The molecular weight excluding hydrogens is 382 g/mol. The van der Waals surface area contributed by atoms with Crippen LogP contribution in [0.15, 0.2) is 41.6 Å². The molecule has 0 saturated heterocycles. The van der Waals surface area contributed by atoms with Gasteiger partial charge in [0.1, 0.15) is 0 Å². The number of thioether (sulfide) groups is 1. The number of aromatic nitrogens is 4. The number of amides is 1. The van der Waals surface area contributed by atoms with Gasteiger partial charge in [0.15, 0.2) is 0 Å². The number of benzene rings is 2. The predicted molar refractivity (Wildman–Crippen MR) is 109 cm³/mol. The standard InChI is InChI=1S/C19H20ClN5OS/c1-11-9-12(2)17(13(3)10-11)21-18(26)14(4)27-19-22-23-24-25(19)16-7-5-15(20)6-8-16/h5-10,14H,1-4H3,(H,21,26)/t14-/m1/s1. The second-order valence-electron chi connectivity index (χ2n) is 6.37. The lowest BCUT2D eigenvalue weighted by Gasteiger charge is -2.16. The van der Waals surface area contributed by atoms with E-state index in [1.807, 2.05) is 39.8 Å². The average molecular weight is 402 g/mol. The molecule has 1 aromatic heterocycles. The largest absolute Gasteiger partial charge is 0.325 e. The summed E-state index contributed by atoms with van der Waals surface area (Å²) in [5.41, 5.74) is 4.90. The molecular formula is C19H20ClN5OS. The molecule has 0 radical (unpaired) electrons. The number of rotatable bonds is 5. The zero-order valence-electron chi connectivity index (χ0n) is 15.5. The van der Waals surface area contributed by atoms with E-state index in [4.69, 9.17) is 11.6 Å². The van der Waals surface area contributed by atoms with Crippen molar-refractivity contribution in [2.75, 3.05) is 5.32 Å². The van der Waals surface area contributed by atoms with Crippen molar-refractivity contribution in [1.82, 2.24) is 20.2 Å². The predicted octanol–water partition coefficient (Wildman–Crippen LogP) is 4.36. The van der Waals surface area contributed by atoms with Gasteiger partial charge in [-0.3, -0.25) is 4.79 Å². The van der Waals surface area contributed by atoms with E-state index in [0.29, 0.717) is 10.2 Å². The zero-order chi connectivity index (χ0) is 19.6. The van der Waals surface area contributed by atoms with E-state index in [0.717, 1.165) is 22.5 Å². The van der Waals surface area contributed by atoms with E-state index in [1.165, 1.54) is 17.3 Å². The molecule has 0 fully saturated rings. The monoisotopic (exact) mass is 401 g/mol. The highest BCUT2D eigenvalue weighted by atomic mass is 35.5. The van der Waals surface area contributed by atoms with Gasteiger partial charge in [-0.1, -0.05) is 41.1 Å². The number of aryl methyl sites for hydroxylation is 3. The Balaban J connectivity index is 1.75. The van der Waals surface area contributed by atoms with Gasteiger partial charge in [0.05, 0.1) is 10.9 Å². The maximum Gasteiger partial charge on any atom is 0.237 e. The topological polar surface area (TPSA) is 72.7 Å². The smallest absolute Gasteiger partial charge is 0.237 e. The lowest BCUT2D eigenvalue weighted by atomic mass is 10.1. The first-order valence-corrected chi connectivity index (χ1v) is 9.70. The molecule has 0 aliphatic rings. The number of anilines is 1. The SMILES string of the molecule is Cc1cc(C)c(NC(=O)[C@@H](C)Sc2nnnn2-c2ccc(Cl)cc2)c(C)c1. The van der Waals surface area contributed by atoms with Gasteiger partial charge < -0.3 is 5.32 Å². The molecule has 6 nitrogen and oxygen atoms in total.